The summed E-state index contributed by atoms with van der Waals surface area (Å²) in [7, 11) is 0. The molecule has 4 nitrogen and oxygen atoms in total. The van der Waals surface area contributed by atoms with Gasteiger partial charge in [0.05, 0.1) is 11.9 Å². The molecule has 2 rings (SSSR count). The van der Waals surface area contributed by atoms with E-state index in [-0.39, 0.29) is 5.69 Å². The molecular weight excluding hydrogens is 214 g/mol. The Hall–Kier alpha value is -1.82. The maximum absolute atomic E-state index is 12.3. The van der Waals surface area contributed by atoms with Gasteiger partial charge in [-0.25, -0.2) is 13.5 Å². The lowest BCUT2D eigenvalue weighted by molar-refractivity contribution is 0.146. The van der Waals surface area contributed by atoms with Crippen molar-refractivity contribution in [3.05, 3.63) is 41.7 Å². The van der Waals surface area contributed by atoms with Crippen molar-refractivity contribution in [2.24, 2.45) is 5.73 Å². The van der Waals surface area contributed by atoms with Crippen LogP contribution >= 0.6 is 0 Å². The molecule has 0 amide bonds. The zero-order valence-electron chi connectivity index (χ0n) is 8.35. The SMILES string of the molecule is NCc1ccc(-n2cc(C(F)F)nn2)cc1. The van der Waals surface area contributed by atoms with Crippen LogP contribution in [0.25, 0.3) is 5.69 Å². The standard InChI is InChI=1S/C10H10F2N4/c11-10(12)9-6-16(15-14-9)8-3-1-7(5-13)2-4-8/h1-4,6,10H,5,13H2. The molecule has 0 unspecified atom stereocenters. The number of aromatic nitrogens is 3. The molecule has 0 fully saturated rings. The van der Waals surface area contributed by atoms with Crippen molar-refractivity contribution in [2.75, 3.05) is 0 Å². The van der Waals surface area contributed by atoms with Gasteiger partial charge >= 0.3 is 0 Å². The molecule has 0 radical (unpaired) electrons. The highest BCUT2D eigenvalue weighted by Crippen LogP contribution is 2.16. The molecule has 1 aromatic heterocycles. The fraction of sp³-hybridized carbons (Fsp3) is 0.200. The lowest BCUT2D eigenvalue weighted by atomic mass is 10.2. The lowest BCUT2D eigenvalue weighted by Crippen LogP contribution is -1.98. The summed E-state index contributed by atoms with van der Waals surface area (Å²) >= 11 is 0. The Morgan fingerprint density at radius 2 is 1.94 bits per heavy atom. The van der Waals surface area contributed by atoms with Gasteiger partial charge in [-0.2, -0.15) is 0 Å². The number of hydrogen-bond acceptors (Lipinski definition) is 3. The van der Waals surface area contributed by atoms with Crippen LogP contribution in [-0.2, 0) is 6.54 Å². The molecule has 0 spiro atoms. The van der Waals surface area contributed by atoms with E-state index in [1.54, 1.807) is 12.1 Å². The maximum atomic E-state index is 12.3. The summed E-state index contributed by atoms with van der Waals surface area (Å²) in [6, 6.07) is 7.15. The van der Waals surface area contributed by atoms with Crippen molar-refractivity contribution < 1.29 is 8.78 Å². The first kappa shape index (κ1) is 10.7. The van der Waals surface area contributed by atoms with E-state index < -0.39 is 6.43 Å². The number of rotatable bonds is 3. The van der Waals surface area contributed by atoms with E-state index in [1.807, 2.05) is 12.1 Å². The van der Waals surface area contributed by atoms with Crippen molar-refractivity contribution in [3.8, 4) is 5.69 Å². The van der Waals surface area contributed by atoms with E-state index in [1.165, 1.54) is 10.9 Å². The van der Waals surface area contributed by atoms with Gasteiger partial charge in [-0.3, -0.25) is 0 Å². The summed E-state index contributed by atoms with van der Waals surface area (Å²) in [5.41, 5.74) is 6.77. The van der Waals surface area contributed by atoms with Gasteiger partial charge in [0.25, 0.3) is 6.43 Å². The van der Waals surface area contributed by atoms with Crippen LogP contribution < -0.4 is 5.73 Å². The molecule has 0 saturated heterocycles. The summed E-state index contributed by atoms with van der Waals surface area (Å²) in [5, 5.41) is 6.99. The van der Waals surface area contributed by atoms with Crippen LogP contribution in [0.5, 0.6) is 0 Å². The number of hydrogen-bond donors (Lipinski definition) is 1. The fourth-order valence-corrected chi connectivity index (χ4v) is 1.29. The average molecular weight is 224 g/mol. The van der Waals surface area contributed by atoms with Crippen LogP contribution in [-0.4, -0.2) is 15.0 Å². The summed E-state index contributed by atoms with van der Waals surface area (Å²) in [5.74, 6) is 0. The second-order valence-corrected chi connectivity index (χ2v) is 3.26. The van der Waals surface area contributed by atoms with Gasteiger partial charge in [-0.1, -0.05) is 17.3 Å². The third-order valence-electron chi connectivity index (χ3n) is 2.17. The average Bonchev–Trinajstić information content (AvgIpc) is 2.78. The quantitative estimate of drug-likeness (QED) is 0.862. The molecule has 0 aliphatic rings. The zero-order valence-corrected chi connectivity index (χ0v) is 8.35. The molecule has 0 atom stereocenters. The van der Waals surface area contributed by atoms with Crippen LogP contribution in [0.4, 0.5) is 8.78 Å². The van der Waals surface area contributed by atoms with Gasteiger partial charge < -0.3 is 5.73 Å². The van der Waals surface area contributed by atoms with Gasteiger partial charge in [0.15, 0.2) is 0 Å². The van der Waals surface area contributed by atoms with Gasteiger partial charge in [-0.15, -0.1) is 5.10 Å². The number of halogens is 2. The van der Waals surface area contributed by atoms with Crippen molar-refractivity contribution in [1.29, 1.82) is 0 Å². The van der Waals surface area contributed by atoms with Crippen molar-refractivity contribution in [2.45, 2.75) is 13.0 Å². The van der Waals surface area contributed by atoms with Crippen LogP contribution in [0.15, 0.2) is 30.5 Å². The fourth-order valence-electron chi connectivity index (χ4n) is 1.29. The third kappa shape index (κ3) is 2.06. The topological polar surface area (TPSA) is 56.7 Å². The van der Waals surface area contributed by atoms with E-state index in [4.69, 9.17) is 5.73 Å². The minimum atomic E-state index is -2.60. The molecule has 0 aliphatic heterocycles. The minimum absolute atomic E-state index is 0.331. The Bertz CT molecular complexity index is 464. The van der Waals surface area contributed by atoms with Gasteiger partial charge in [-0.05, 0) is 17.7 Å². The minimum Gasteiger partial charge on any atom is -0.326 e. The Morgan fingerprint density at radius 1 is 1.25 bits per heavy atom. The van der Waals surface area contributed by atoms with Crippen LogP contribution in [0.2, 0.25) is 0 Å². The Kier molecular flexibility index (Phi) is 2.91. The number of nitrogens with two attached hydrogens (primary N) is 1. The highest BCUT2D eigenvalue weighted by molar-refractivity contribution is 5.33. The largest absolute Gasteiger partial charge is 0.326 e. The van der Waals surface area contributed by atoms with Gasteiger partial charge in [0.1, 0.15) is 5.69 Å². The molecule has 2 N–H and O–H groups in total. The number of nitrogens with zero attached hydrogens (tertiary/aromatic N) is 3. The molecular formula is C10H10F2N4. The normalized spacial score (nSPS) is 11.0. The molecule has 0 bridgehead atoms. The molecule has 84 valence electrons. The van der Waals surface area contributed by atoms with E-state index in [9.17, 15) is 8.78 Å². The Labute approximate surface area is 90.7 Å². The summed E-state index contributed by atoms with van der Waals surface area (Å²) in [4.78, 5) is 0. The molecule has 6 heteroatoms. The first-order chi connectivity index (χ1) is 7.70. The molecule has 1 heterocycles. The van der Waals surface area contributed by atoms with Crippen LogP contribution in [0.1, 0.15) is 17.7 Å². The molecule has 16 heavy (non-hydrogen) atoms. The molecule has 0 saturated carbocycles. The van der Waals surface area contributed by atoms with E-state index in [0.717, 1.165) is 5.56 Å². The zero-order chi connectivity index (χ0) is 11.5. The molecule has 2 aromatic rings. The Balaban J connectivity index is 2.28. The maximum Gasteiger partial charge on any atom is 0.283 e. The number of alkyl halides is 2. The molecule has 1 aromatic carbocycles. The van der Waals surface area contributed by atoms with Gasteiger partial charge in [0.2, 0.25) is 0 Å². The van der Waals surface area contributed by atoms with Crippen LogP contribution in [0.3, 0.4) is 0 Å². The summed E-state index contributed by atoms with van der Waals surface area (Å²) < 4.78 is 25.9. The van der Waals surface area contributed by atoms with Crippen molar-refractivity contribution >= 4 is 0 Å². The first-order valence-electron chi connectivity index (χ1n) is 4.70. The van der Waals surface area contributed by atoms with Crippen molar-refractivity contribution in [3.63, 3.8) is 0 Å². The summed E-state index contributed by atoms with van der Waals surface area (Å²) in [6.45, 7) is 0.444. The summed E-state index contributed by atoms with van der Waals surface area (Å²) in [6.07, 6.45) is -1.39. The Morgan fingerprint density at radius 3 is 2.44 bits per heavy atom. The second-order valence-electron chi connectivity index (χ2n) is 3.26. The van der Waals surface area contributed by atoms with E-state index in [0.29, 0.717) is 12.2 Å². The smallest absolute Gasteiger partial charge is 0.283 e. The molecule has 0 aliphatic carbocycles. The lowest BCUT2D eigenvalue weighted by Gasteiger charge is -2.01. The third-order valence-corrected chi connectivity index (χ3v) is 2.17. The predicted octanol–water partition coefficient (Wildman–Crippen LogP) is 1.66. The first-order valence-corrected chi connectivity index (χ1v) is 4.70. The number of benzene rings is 1. The predicted molar refractivity (Wildman–Crippen MR) is 54.2 cm³/mol. The highest BCUT2D eigenvalue weighted by Gasteiger charge is 2.12. The van der Waals surface area contributed by atoms with E-state index in [2.05, 4.69) is 10.3 Å². The monoisotopic (exact) mass is 224 g/mol. The highest BCUT2D eigenvalue weighted by atomic mass is 19.3. The second kappa shape index (κ2) is 4.36. The van der Waals surface area contributed by atoms with E-state index >= 15 is 0 Å². The van der Waals surface area contributed by atoms with Gasteiger partial charge in [0, 0.05) is 6.54 Å². The van der Waals surface area contributed by atoms with Crippen molar-refractivity contribution in [1.82, 2.24) is 15.0 Å². The van der Waals surface area contributed by atoms with Crippen LogP contribution in [0, 0.1) is 0 Å².